The smallest absolute Gasteiger partial charge is 0.425 e. The molecule has 0 amide bonds. The highest BCUT2D eigenvalue weighted by atomic mass is 16.6. The normalized spacial score (nSPS) is 9.00. The number of ketones is 1. The third-order valence-electron chi connectivity index (χ3n) is 1.04. The van der Waals surface area contributed by atoms with E-state index in [0.717, 1.165) is 6.92 Å². The Kier molecular flexibility index (Phi) is 5.13. The number of carbonyl (C=O) groups excluding carboxylic acids is 4. The molecule has 0 spiro atoms. The third-order valence-corrected chi connectivity index (χ3v) is 1.04. The average molecular weight is 202 g/mol. The van der Waals surface area contributed by atoms with Gasteiger partial charge in [0, 0.05) is 0 Å². The number of ether oxygens (including phenoxy) is 2. The molecule has 0 bridgehead atoms. The SMILES string of the molecule is CCOC(=O)C(=O)OC(=O)CC(C)=O. The van der Waals surface area contributed by atoms with Crippen molar-refractivity contribution in [1.82, 2.24) is 0 Å². The second-order valence-electron chi connectivity index (χ2n) is 2.36. The van der Waals surface area contributed by atoms with Gasteiger partial charge in [0.1, 0.15) is 12.2 Å². The summed E-state index contributed by atoms with van der Waals surface area (Å²) in [6.07, 6.45) is -0.537. The minimum absolute atomic E-state index is 0.00876. The summed E-state index contributed by atoms with van der Waals surface area (Å²) in [5.41, 5.74) is 0. The van der Waals surface area contributed by atoms with Gasteiger partial charge in [-0.15, -0.1) is 0 Å². The van der Waals surface area contributed by atoms with Crippen LogP contribution in [0.5, 0.6) is 0 Å². The topological polar surface area (TPSA) is 86.7 Å². The molecule has 0 N–H and O–H groups in total. The maximum absolute atomic E-state index is 10.7. The Balaban J connectivity index is 4.00. The second kappa shape index (κ2) is 5.85. The van der Waals surface area contributed by atoms with E-state index in [1.54, 1.807) is 0 Å². The molecule has 0 aromatic rings. The number of carbonyl (C=O) groups is 4. The van der Waals surface area contributed by atoms with E-state index in [1.165, 1.54) is 6.92 Å². The molecule has 0 saturated carbocycles. The van der Waals surface area contributed by atoms with Crippen LogP contribution in [-0.2, 0) is 28.7 Å². The molecule has 0 aliphatic carbocycles. The van der Waals surface area contributed by atoms with Gasteiger partial charge in [-0.05, 0) is 13.8 Å². The van der Waals surface area contributed by atoms with Crippen molar-refractivity contribution in [2.45, 2.75) is 20.3 Å². The average Bonchev–Trinajstić information content (AvgIpc) is 2.02. The molecular formula is C8H10O6. The van der Waals surface area contributed by atoms with Gasteiger partial charge >= 0.3 is 17.9 Å². The standard InChI is InChI=1S/C8H10O6/c1-3-13-7(11)8(12)14-6(10)4-5(2)9/h3-4H2,1-2H3. The van der Waals surface area contributed by atoms with E-state index in [1.807, 2.05) is 0 Å². The first kappa shape index (κ1) is 12.3. The Morgan fingerprint density at radius 3 is 2.07 bits per heavy atom. The molecule has 14 heavy (non-hydrogen) atoms. The predicted octanol–water partition coefficient (Wildman–Crippen LogP) is -0.402. The second-order valence-corrected chi connectivity index (χ2v) is 2.36. The molecule has 0 rings (SSSR count). The number of hydrogen-bond acceptors (Lipinski definition) is 6. The van der Waals surface area contributed by atoms with Crippen LogP contribution in [0.2, 0.25) is 0 Å². The summed E-state index contributed by atoms with van der Waals surface area (Å²) in [6, 6.07) is 0. The molecule has 0 fully saturated rings. The van der Waals surface area contributed by atoms with Crippen LogP contribution in [0.1, 0.15) is 20.3 Å². The van der Waals surface area contributed by atoms with Crippen molar-refractivity contribution in [3.05, 3.63) is 0 Å². The summed E-state index contributed by atoms with van der Waals surface area (Å²) in [6.45, 7) is 2.67. The summed E-state index contributed by atoms with van der Waals surface area (Å²) in [7, 11) is 0. The van der Waals surface area contributed by atoms with Gasteiger partial charge in [0.15, 0.2) is 0 Å². The zero-order valence-electron chi connectivity index (χ0n) is 7.86. The molecule has 0 atom stereocenters. The molecule has 78 valence electrons. The van der Waals surface area contributed by atoms with Gasteiger partial charge in [-0.25, -0.2) is 9.59 Å². The first-order valence-electron chi connectivity index (χ1n) is 3.88. The summed E-state index contributed by atoms with van der Waals surface area (Å²) in [5.74, 6) is -4.16. The van der Waals surface area contributed by atoms with E-state index in [2.05, 4.69) is 9.47 Å². The van der Waals surface area contributed by atoms with Crippen LogP contribution < -0.4 is 0 Å². The lowest BCUT2D eigenvalue weighted by Crippen LogP contribution is -2.24. The maximum atomic E-state index is 10.7. The van der Waals surface area contributed by atoms with Gasteiger partial charge < -0.3 is 9.47 Å². The molecule has 0 aliphatic heterocycles. The molecule has 0 unspecified atom stereocenters. The fourth-order valence-electron chi connectivity index (χ4n) is 0.574. The van der Waals surface area contributed by atoms with Crippen molar-refractivity contribution in [3.8, 4) is 0 Å². The first-order chi connectivity index (χ1) is 6.47. The molecule has 0 heterocycles. The summed E-state index contributed by atoms with van der Waals surface area (Å²) >= 11 is 0. The highest BCUT2D eigenvalue weighted by Gasteiger charge is 2.21. The molecule has 0 aromatic carbocycles. The van der Waals surface area contributed by atoms with Crippen LogP contribution in [0.15, 0.2) is 0 Å². The number of rotatable bonds is 3. The van der Waals surface area contributed by atoms with E-state index in [-0.39, 0.29) is 6.61 Å². The summed E-state index contributed by atoms with van der Waals surface area (Å²) in [4.78, 5) is 42.4. The lowest BCUT2D eigenvalue weighted by Gasteiger charge is -2.00. The summed E-state index contributed by atoms with van der Waals surface area (Å²) < 4.78 is 8.26. The minimum atomic E-state index is -1.40. The van der Waals surface area contributed by atoms with E-state index in [0.29, 0.717) is 0 Å². The molecule has 0 aliphatic rings. The molecule has 0 aromatic heterocycles. The van der Waals surface area contributed by atoms with Crippen LogP contribution in [0.25, 0.3) is 0 Å². The van der Waals surface area contributed by atoms with Crippen molar-refractivity contribution < 1.29 is 28.7 Å². The Labute approximate surface area is 80.2 Å². The Morgan fingerprint density at radius 1 is 1.07 bits per heavy atom. The highest BCUT2D eigenvalue weighted by Crippen LogP contribution is 1.91. The van der Waals surface area contributed by atoms with Gasteiger partial charge in [-0.2, -0.15) is 0 Å². The van der Waals surface area contributed by atoms with Crippen molar-refractivity contribution in [2.75, 3.05) is 6.61 Å². The van der Waals surface area contributed by atoms with Crippen molar-refractivity contribution in [3.63, 3.8) is 0 Å². The molecule has 6 nitrogen and oxygen atoms in total. The molecule has 0 radical (unpaired) electrons. The fourth-order valence-corrected chi connectivity index (χ4v) is 0.574. The van der Waals surface area contributed by atoms with Crippen LogP contribution in [-0.4, -0.2) is 30.3 Å². The van der Waals surface area contributed by atoms with Crippen LogP contribution >= 0.6 is 0 Å². The number of esters is 3. The first-order valence-corrected chi connectivity index (χ1v) is 3.88. The zero-order valence-corrected chi connectivity index (χ0v) is 7.86. The van der Waals surface area contributed by atoms with Crippen molar-refractivity contribution in [1.29, 1.82) is 0 Å². The predicted molar refractivity (Wildman–Crippen MR) is 43.0 cm³/mol. The number of Topliss-reactive ketones (excluding diaryl/α,β-unsaturated/α-hetero) is 1. The van der Waals surface area contributed by atoms with Gasteiger partial charge in [-0.3, -0.25) is 9.59 Å². The lowest BCUT2D eigenvalue weighted by molar-refractivity contribution is -0.173. The fraction of sp³-hybridized carbons (Fsp3) is 0.500. The molecule has 0 saturated heterocycles. The highest BCUT2D eigenvalue weighted by molar-refractivity contribution is 6.31. The number of hydrogen-bond donors (Lipinski definition) is 0. The molecule has 6 heteroatoms. The van der Waals surface area contributed by atoms with E-state index in [4.69, 9.17) is 0 Å². The minimum Gasteiger partial charge on any atom is -0.458 e. The van der Waals surface area contributed by atoms with Crippen molar-refractivity contribution in [2.24, 2.45) is 0 Å². The largest absolute Gasteiger partial charge is 0.458 e. The van der Waals surface area contributed by atoms with Crippen molar-refractivity contribution >= 4 is 23.7 Å². The Bertz CT molecular complexity index is 267. The quantitative estimate of drug-likeness (QED) is 0.351. The van der Waals surface area contributed by atoms with Gasteiger partial charge in [0.25, 0.3) is 0 Å². The zero-order chi connectivity index (χ0) is 11.1. The van der Waals surface area contributed by atoms with Crippen LogP contribution in [0.4, 0.5) is 0 Å². The summed E-state index contributed by atoms with van der Waals surface area (Å²) in [5, 5.41) is 0. The third kappa shape index (κ3) is 5.02. The maximum Gasteiger partial charge on any atom is 0.425 e. The van der Waals surface area contributed by atoms with E-state index < -0.39 is 30.1 Å². The monoisotopic (exact) mass is 202 g/mol. The van der Waals surface area contributed by atoms with Gasteiger partial charge in [0.05, 0.1) is 6.61 Å². The Morgan fingerprint density at radius 2 is 1.64 bits per heavy atom. The lowest BCUT2D eigenvalue weighted by atomic mass is 10.3. The van der Waals surface area contributed by atoms with Gasteiger partial charge in [0.2, 0.25) is 0 Å². The van der Waals surface area contributed by atoms with E-state index >= 15 is 0 Å². The van der Waals surface area contributed by atoms with E-state index in [9.17, 15) is 19.2 Å². The van der Waals surface area contributed by atoms with Gasteiger partial charge in [-0.1, -0.05) is 0 Å². The van der Waals surface area contributed by atoms with Crippen LogP contribution in [0, 0.1) is 0 Å². The molecular weight excluding hydrogens is 192 g/mol. The Hall–Kier alpha value is -1.72. The van der Waals surface area contributed by atoms with Crippen LogP contribution in [0.3, 0.4) is 0 Å².